The molecule has 0 bridgehead atoms. The Kier molecular flexibility index (Phi) is 3.35. The fraction of sp³-hybridized carbons (Fsp3) is 0.0667. The van der Waals surface area contributed by atoms with Gasteiger partial charge in [-0.25, -0.2) is 9.36 Å². The van der Waals surface area contributed by atoms with Gasteiger partial charge in [0.2, 0.25) is 0 Å². The molecule has 0 radical (unpaired) electrons. The van der Waals surface area contributed by atoms with E-state index in [0.717, 1.165) is 10.1 Å². The van der Waals surface area contributed by atoms with Gasteiger partial charge < -0.3 is 4.42 Å². The number of hydrogen-bond acceptors (Lipinski definition) is 3. The minimum Gasteiger partial charge on any atom is -0.409 e. The van der Waals surface area contributed by atoms with Crippen molar-refractivity contribution < 1.29 is 4.42 Å². The molecule has 4 nitrogen and oxygen atoms in total. The van der Waals surface area contributed by atoms with E-state index >= 15 is 0 Å². The first-order valence-corrected chi connectivity index (χ1v) is 6.85. The fourth-order valence-corrected chi connectivity index (χ4v) is 2.47. The highest BCUT2D eigenvalue weighted by atomic mass is 35.5. The van der Waals surface area contributed by atoms with Gasteiger partial charge in [-0.15, -0.1) is 0 Å². The van der Waals surface area contributed by atoms with Crippen molar-refractivity contribution in [1.82, 2.24) is 4.57 Å². The summed E-state index contributed by atoms with van der Waals surface area (Å²) in [6.07, 6.45) is 0. The molecule has 0 amide bonds. The van der Waals surface area contributed by atoms with Crippen LogP contribution in [0.1, 0.15) is 5.56 Å². The molecule has 0 aliphatic heterocycles. The van der Waals surface area contributed by atoms with Gasteiger partial charge in [-0.2, -0.15) is 0 Å². The summed E-state index contributed by atoms with van der Waals surface area (Å²) < 4.78 is 6.14. The SMILES string of the molecule is Cc1ccc(Cl)cc1-n1c(=O)oc2ccc(Cl)cc2c1=O. The van der Waals surface area contributed by atoms with Gasteiger partial charge in [0.1, 0.15) is 5.58 Å². The molecule has 3 rings (SSSR count). The number of benzene rings is 2. The van der Waals surface area contributed by atoms with E-state index in [0.29, 0.717) is 15.7 Å². The standard InChI is InChI=1S/C15H9Cl2NO3/c1-8-2-3-10(17)7-12(8)18-14(19)11-6-9(16)4-5-13(11)21-15(18)20/h2-7H,1H3. The summed E-state index contributed by atoms with van der Waals surface area (Å²) >= 11 is 11.8. The van der Waals surface area contributed by atoms with Crippen LogP contribution in [0.25, 0.3) is 16.7 Å². The second-order valence-electron chi connectivity index (χ2n) is 4.58. The Bertz CT molecular complexity index is 973. The number of nitrogens with zero attached hydrogens (tertiary/aromatic N) is 1. The maximum absolute atomic E-state index is 12.6. The molecule has 0 aliphatic rings. The van der Waals surface area contributed by atoms with Crippen molar-refractivity contribution in [3.05, 3.63) is 72.9 Å². The van der Waals surface area contributed by atoms with Gasteiger partial charge in [0.25, 0.3) is 5.56 Å². The predicted octanol–water partition coefficient (Wildman–Crippen LogP) is 3.56. The second-order valence-corrected chi connectivity index (χ2v) is 5.45. The summed E-state index contributed by atoms with van der Waals surface area (Å²) in [6, 6.07) is 9.48. The van der Waals surface area contributed by atoms with Crippen LogP contribution in [0.15, 0.2) is 50.4 Å². The zero-order chi connectivity index (χ0) is 15.1. The molecule has 21 heavy (non-hydrogen) atoms. The first kappa shape index (κ1) is 13.9. The molecule has 0 aliphatic carbocycles. The van der Waals surface area contributed by atoms with Crippen molar-refractivity contribution in [2.75, 3.05) is 0 Å². The molecule has 0 saturated heterocycles. The third kappa shape index (κ3) is 2.37. The Morgan fingerprint density at radius 1 is 1.00 bits per heavy atom. The van der Waals surface area contributed by atoms with Crippen molar-refractivity contribution in [2.45, 2.75) is 6.92 Å². The summed E-state index contributed by atoms with van der Waals surface area (Å²) in [6.45, 7) is 1.78. The number of rotatable bonds is 1. The van der Waals surface area contributed by atoms with E-state index in [1.165, 1.54) is 12.1 Å². The number of aryl methyl sites for hydroxylation is 1. The van der Waals surface area contributed by atoms with Crippen LogP contribution >= 0.6 is 23.2 Å². The van der Waals surface area contributed by atoms with Gasteiger partial charge in [0.05, 0.1) is 11.1 Å². The van der Waals surface area contributed by atoms with Gasteiger partial charge in [-0.05, 0) is 42.8 Å². The predicted molar refractivity (Wildman–Crippen MR) is 82.8 cm³/mol. The largest absolute Gasteiger partial charge is 0.427 e. The molecule has 106 valence electrons. The average Bonchev–Trinajstić information content (AvgIpc) is 2.44. The van der Waals surface area contributed by atoms with Crippen molar-refractivity contribution in [3.63, 3.8) is 0 Å². The number of fused-ring (bicyclic) bond motifs is 1. The van der Waals surface area contributed by atoms with Crippen LogP contribution in [0.5, 0.6) is 0 Å². The molecule has 0 N–H and O–H groups in total. The molecule has 2 aromatic carbocycles. The maximum Gasteiger partial charge on any atom is 0.427 e. The molecule has 6 heteroatoms. The zero-order valence-electron chi connectivity index (χ0n) is 10.9. The van der Waals surface area contributed by atoms with Crippen LogP contribution < -0.4 is 11.3 Å². The Labute approximate surface area is 129 Å². The van der Waals surface area contributed by atoms with Gasteiger partial charge in [0.15, 0.2) is 0 Å². The van der Waals surface area contributed by atoms with Gasteiger partial charge in [-0.1, -0.05) is 29.3 Å². The molecule has 0 saturated carbocycles. The minimum atomic E-state index is -0.764. The lowest BCUT2D eigenvalue weighted by Gasteiger charge is -2.08. The molecular formula is C15H9Cl2NO3. The van der Waals surface area contributed by atoms with Crippen LogP contribution in [-0.2, 0) is 0 Å². The Hall–Kier alpha value is -2.04. The van der Waals surface area contributed by atoms with E-state index in [-0.39, 0.29) is 11.0 Å². The number of halogens is 2. The van der Waals surface area contributed by atoms with E-state index in [4.69, 9.17) is 27.6 Å². The Morgan fingerprint density at radius 3 is 2.43 bits per heavy atom. The molecule has 0 atom stereocenters. The highest BCUT2D eigenvalue weighted by molar-refractivity contribution is 6.31. The Morgan fingerprint density at radius 2 is 1.67 bits per heavy atom. The third-order valence-electron chi connectivity index (χ3n) is 3.17. The number of aromatic nitrogens is 1. The van der Waals surface area contributed by atoms with E-state index in [9.17, 15) is 9.59 Å². The van der Waals surface area contributed by atoms with Crippen molar-refractivity contribution in [1.29, 1.82) is 0 Å². The normalized spacial score (nSPS) is 11.0. The van der Waals surface area contributed by atoms with Gasteiger partial charge >= 0.3 is 5.76 Å². The molecule has 3 aromatic rings. The maximum atomic E-state index is 12.6. The van der Waals surface area contributed by atoms with E-state index < -0.39 is 11.3 Å². The molecule has 1 aromatic heterocycles. The van der Waals surface area contributed by atoms with Crippen molar-refractivity contribution in [2.24, 2.45) is 0 Å². The topological polar surface area (TPSA) is 52.2 Å². The summed E-state index contributed by atoms with van der Waals surface area (Å²) in [5, 5.41) is 1.05. The van der Waals surface area contributed by atoms with Crippen molar-refractivity contribution in [3.8, 4) is 5.69 Å². The highest BCUT2D eigenvalue weighted by Crippen LogP contribution is 2.19. The van der Waals surface area contributed by atoms with Gasteiger partial charge in [0, 0.05) is 10.0 Å². The molecule has 0 fully saturated rings. The quantitative estimate of drug-likeness (QED) is 0.688. The molecular weight excluding hydrogens is 313 g/mol. The molecule has 0 spiro atoms. The summed E-state index contributed by atoms with van der Waals surface area (Å²) in [5.74, 6) is -0.764. The smallest absolute Gasteiger partial charge is 0.409 e. The summed E-state index contributed by atoms with van der Waals surface area (Å²) in [5.41, 5.74) is 0.831. The highest BCUT2D eigenvalue weighted by Gasteiger charge is 2.14. The van der Waals surface area contributed by atoms with Crippen LogP contribution in [0.4, 0.5) is 0 Å². The first-order valence-electron chi connectivity index (χ1n) is 6.09. The lowest BCUT2D eigenvalue weighted by molar-refractivity contribution is 0.503. The van der Waals surface area contributed by atoms with Gasteiger partial charge in [-0.3, -0.25) is 4.79 Å². The van der Waals surface area contributed by atoms with Crippen LogP contribution in [0.2, 0.25) is 10.0 Å². The van der Waals surface area contributed by atoms with E-state index in [1.54, 1.807) is 31.2 Å². The second kappa shape index (κ2) is 5.06. The van der Waals surface area contributed by atoms with Crippen molar-refractivity contribution >= 4 is 34.2 Å². The lowest BCUT2D eigenvalue weighted by atomic mass is 10.2. The van der Waals surface area contributed by atoms with Crippen LogP contribution in [0.3, 0.4) is 0 Å². The average molecular weight is 322 g/mol. The zero-order valence-corrected chi connectivity index (χ0v) is 12.4. The summed E-state index contributed by atoms with van der Waals surface area (Å²) in [4.78, 5) is 24.7. The minimum absolute atomic E-state index is 0.199. The molecule has 1 heterocycles. The Balaban J connectivity index is 2.46. The number of hydrogen-bond donors (Lipinski definition) is 0. The summed E-state index contributed by atoms with van der Waals surface area (Å²) in [7, 11) is 0. The fourth-order valence-electron chi connectivity index (χ4n) is 2.13. The monoisotopic (exact) mass is 321 g/mol. The van der Waals surface area contributed by atoms with Crippen LogP contribution in [0, 0.1) is 6.92 Å². The van der Waals surface area contributed by atoms with E-state index in [2.05, 4.69) is 0 Å². The van der Waals surface area contributed by atoms with E-state index in [1.807, 2.05) is 0 Å². The lowest BCUT2D eigenvalue weighted by Crippen LogP contribution is -2.31. The first-order chi connectivity index (χ1) is 9.97. The molecule has 0 unspecified atom stereocenters. The van der Waals surface area contributed by atoms with Crippen LogP contribution in [-0.4, -0.2) is 4.57 Å². The third-order valence-corrected chi connectivity index (χ3v) is 3.64.